The molecule has 5 heteroatoms. The highest BCUT2D eigenvalue weighted by Crippen LogP contribution is 2.38. The number of rotatable bonds is 3. The van der Waals surface area contributed by atoms with Gasteiger partial charge in [-0.05, 0) is 33.6 Å². The van der Waals surface area contributed by atoms with Crippen molar-refractivity contribution in [1.82, 2.24) is 5.32 Å². The molecule has 0 aliphatic heterocycles. The van der Waals surface area contributed by atoms with E-state index in [-0.39, 0.29) is 12.5 Å². The molecule has 102 valence electrons. The molecule has 0 radical (unpaired) electrons. The normalized spacial score (nSPS) is 29.1. The zero-order valence-electron chi connectivity index (χ0n) is 10.6. The number of aliphatic hydroxyl groups is 1. The largest absolute Gasteiger partial charge is 0.393 e. The number of alkyl halides is 3. The number of nitrogens with one attached hydrogen (secondary N) is 1. The maximum atomic E-state index is 12.8. The Labute approximate surface area is 101 Å². The quantitative estimate of drug-likeness (QED) is 0.810. The molecule has 1 saturated carbocycles. The second-order valence-corrected chi connectivity index (χ2v) is 5.58. The molecule has 0 aromatic carbocycles. The van der Waals surface area contributed by atoms with Crippen LogP contribution in [0.5, 0.6) is 0 Å². The van der Waals surface area contributed by atoms with Gasteiger partial charge in [-0.15, -0.1) is 0 Å². The molecule has 0 spiro atoms. The fourth-order valence-corrected chi connectivity index (χ4v) is 2.25. The van der Waals surface area contributed by atoms with Crippen molar-refractivity contribution in [3.05, 3.63) is 0 Å². The molecule has 17 heavy (non-hydrogen) atoms. The van der Waals surface area contributed by atoms with Crippen molar-refractivity contribution in [2.45, 2.75) is 70.3 Å². The van der Waals surface area contributed by atoms with Crippen molar-refractivity contribution >= 4 is 0 Å². The number of hydrogen-bond acceptors (Lipinski definition) is 2. The van der Waals surface area contributed by atoms with Crippen LogP contribution in [0.3, 0.4) is 0 Å². The van der Waals surface area contributed by atoms with Crippen LogP contribution in [0, 0.1) is 5.92 Å². The molecule has 0 aromatic heterocycles. The first-order valence-corrected chi connectivity index (χ1v) is 6.17. The van der Waals surface area contributed by atoms with Crippen molar-refractivity contribution in [1.29, 1.82) is 0 Å². The van der Waals surface area contributed by atoms with E-state index in [0.717, 1.165) is 6.42 Å². The van der Waals surface area contributed by atoms with Gasteiger partial charge in [0.2, 0.25) is 0 Å². The lowest BCUT2D eigenvalue weighted by Gasteiger charge is -2.38. The molecule has 0 heterocycles. The molecule has 1 aliphatic rings. The zero-order chi connectivity index (χ0) is 13.3. The van der Waals surface area contributed by atoms with E-state index in [9.17, 15) is 18.3 Å². The van der Waals surface area contributed by atoms with Crippen molar-refractivity contribution < 1.29 is 18.3 Å². The molecule has 3 unspecified atom stereocenters. The first-order chi connectivity index (χ1) is 7.62. The molecule has 0 amide bonds. The van der Waals surface area contributed by atoms with E-state index >= 15 is 0 Å². The Morgan fingerprint density at radius 1 is 1.18 bits per heavy atom. The summed E-state index contributed by atoms with van der Waals surface area (Å²) in [5.74, 6) is -1.28. The third-order valence-electron chi connectivity index (χ3n) is 3.71. The highest BCUT2D eigenvalue weighted by atomic mass is 19.4. The van der Waals surface area contributed by atoms with E-state index in [1.54, 1.807) is 20.8 Å². The Balaban J connectivity index is 2.67. The van der Waals surface area contributed by atoms with Crippen LogP contribution in [0.15, 0.2) is 0 Å². The van der Waals surface area contributed by atoms with Crippen LogP contribution in [0.1, 0.15) is 46.5 Å². The summed E-state index contributed by atoms with van der Waals surface area (Å²) in [6, 6.07) is -0.916. The van der Waals surface area contributed by atoms with Crippen molar-refractivity contribution in [2.75, 3.05) is 0 Å². The van der Waals surface area contributed by atoms with Crippen molar-refractivity contribution in [2.24, 2.45) is 5.92 Å². The highest BCUT2D eigenvalue weighted by molar-refractivity contribution is 4.90. The third kappa shape index (κ3) is 4.14. The molecule has 3 atom stereocenters. The van der Waals surface area contributed by atoms with Gasteiger partial charge in [0.1, 0.15) is 0 Å². The van der Waals surface area contributed by atoms with E-state index in [1.165, 1.54) is 0 Å². The van der Waals surface area contributed by atoms with Gasteiger partial charge in [0.15, 0.2) is 0 Å². The summed E-state index contributed by atoms with van der Waals surface area (Å²) in [7, 11) is 0. The minimum absolute atomic E-state index is 0.194. The van der Waals surface area contributed by atoms with Crippen LogP contribution in [-0.2, 0) is 0 Å². The molecule has 0 saturated heterocycles. The summed E-state index contributed by atoms with van der Waals surface area (Å²) in [5, 5.41) is 12.7. The molecule has 1 aliphatic carbocycles. The van der Waals surface area contributed by atoms with Gasteiger partial charge in [-0.1, -0.05) is 12.8 Å². The summed E-state index contributed by atoms with van der Waals surface area (Å²) in [6.45, 7) is 4.94. The lowest BCUT2D eigenvalue weighted by molar-refractivity contribution is -0.190. The van der Waals surface area contributed by atoms with Crippen molar-refractivity contribution in [3.63, 3.8) is 0 Å². The maximum Gasteiger partial charge on any atom is 0.393 e. The summed E-state index contributed by atoms with van der Waals surface area (Å²) in [6.07, 6.45) is -1.95. The lowest BCUT2D eigenvalue weighted by Crippen LogP contribution is -2.54. The molecule has 2 N–H and O–H groups in total. The van der Waals surface area contributed by atoms with Crippen LogP contribution >= 0.6 is 0 Å². The Morgan fingerprint density at radius 2 is 1.71 bits per heavy atom. The highest BCUT2D eigenvalue weighted by Gasteiger charge is 2.46. The molecule has 1 fully saturated rings. The lowest BCUT2D eigenvalue weighted by atomic mass is 9.83. The van der Waals surface area contributed by atoms with Gasteiger partial charge in [0.25, 0.3) is 0 Å². The predicted molar refractivity (Wildman–Crippen MR) is 60.7 cm³/mol. The fraction of sp³-hybridized carbons (Fsp3) is 1.00. The predicted octanol–water partition coefficient (Wildman–Crippen LogP) is 2.86. The SMILES string of the molecule is CC(NC1CCCCC1C(F)(F)F)C(C)(C)O. The van der Waals surface area contributed by atoms with Gasteiger partial charge in [0.05, 0.1) is 11.5 Å². The summed E-state index contributed by atoms with van der Waals surface area (Å²) >= 11 is 0. The third-order valence-corrected chi connectivity index (χ3v) is 3.71. The van der Waals surface area contributed by atoms with E-state index in [1.807, 2.05) is 0 Å². The second-order valence-electron chi connectivity index (χ2n) is 5.58. The van der Waals surface area contributed by atoms with Crippen LogP contribution in [0.4, 0.5) is 13.2 Å². The minimum Gasteiger partial charge on any atom is -0.389 e. The van der Waals surface area contributed by atoms with Crippen LogP contribution in [0.2, 0.25) is 0 Å². The summed E-state index contributed by atoms with van der Waals surface area (Å²) < 4.78 is 38.5. The fourth-order valence-electron chi connectivity index (χ4n) is 2.25. The van der Waals surface area contributed by atoms with Gasteiger partial charge in [-0.2, -0.15) is 13.2 Å². The molecule has 2 nitrogen and oxygen atoms in total. The maximum absolute atomic E-state index is 12.8. The van der Waals surface area contributed by atoms with Gasteiger partial charge in [0, 0.05) is 12.1 Å². The molecular formula is C12H22F3NO. The van der Waals surface area contributed by atoms with Gasteiger partial charge >= 0.3 is 6.18 Å². The number of hydrogen-bond donors (Lipinski definition) is 2. The zero-order valence-corrected chi connectivity index (χ0v) is 10.6. The minimum atomic E-state index is -4.14. The molecule has 0 bridgehead atoms. The molecular weight excluding hydrogens is 231 g/mol. The smallest absolute Gasteiger partial charge is 0.389 e. The molecule has 1 rings (SSSR count). The van der Waals surface area contributed by atoms with E-state index < -0.39 is 23.7 Å². The van der Waals surface area contributed by atoms with Gasteiger partial charge < -0.3 is 10.4 Å². The Hall–Kier alpha value is -0.290. The van der Waals surface area contributed by atoms with Gasteiger partial charge in [-0.3, -0.25) is 0 Å². The van der Waals surface area contributed by atoms with E-state index in [4.69, 9.17) is 0 Å². The van der Waals surface area contributed by atoms with Crippen LogP contribution in [-0.4, -0.2) is 29.0 Å². The summed E-state index contributed by atoms with van der Waals surface area (Å²) in [4.78, 5) is 0. The van der Waals surface area contributed by atoms with Gasteiger partial charge in [-0.25, -0.2) is 0 Å². The second kappa shape index (κ2) is 5.14. The summed E-state index contributed by atoms with van der Waals surface area (Å²) in [5.41, 5.74) is -1.01. The first-order valence-electron chi connectivity index (χ1n) is 6.17. The number of halogens is 3. The van der Waals surface area contributed by atoms with E-state index in [2.05, 4.69) is 5.32 Å². The van der Waals surface area contributed by atoms with E-state index in [0.29, 0.717) is 12.8 Å². The van der Waals surface area contributed by atoms with Crippen molar-refractivity contribution in [3.8, 4) is 0 Å². The van der Waals surface area contributed by atoms with Crippen LogP contribution in [0.25, 0.3) is 0 Å². The van der Waals surface area contributed by atoms with Crippen LogP contribution < -0.4 is 5.32 Å². The molecule has 0 aromatic rings. The Morgan fingerprint density at radius 3 is 2.18 bits per heavy atom. The standard InChI is InChI=1S/C12H22F3NO/c1-8(11(2,3)17)16-10-7-5-4-6-9(10)12(13,14)15/h8-10,16-17H,4-7H2,1-3H3. The Kier molecular flexibility index (Phi) is 4.47. The topological polar surface area (TPSA) is 32.3 Å². The monoisotopic (exact) mass is 253 g/mol. The average molecular weight is 253 g/mol. The first kappa shape index (κ1) is 14.8. The average Bonchev–Trinajstić information content (AvgIpc) is 2.15. The Bertz CT molecular complexity index is 247.